The van der Waals surface area contributed by atoms with Gasteiger partial charge in [-0.05, 0) is 25.0 Å². The Bertz CT molecular complexity index is 727. The van der Waals surface area contributed by atoms with E-state index in [4.69, 9.17) is 0 Å². The third-order valence-electron chi connectivity index (χ3n) is 3.82. The highest BCUT2D eigenvalue weighted by Crippen LogP contribution is 2.29. The number of aromatic nitrogens is 2. The van der Waals surface area contributed by atoms with Crippen molar-refractivity contribution in [2.24, 2.45) is 5.92 Å². The van der Waals surface area contributed by atoms with Gasteiger partial charge in [0.15, 0.2) is 5.12 Å². The van der Waals surface area contributed by atoms with E-state index in [-0.39, 0.29) is 16.9 Å². The van der Waals surface area contributed by atoms with Crippen LogP contribution in [0, 0.1) is 12.8 Å². The summed E-state index contributed by atoms with van der Waals surface area (Å²) in [6, 6.07) is 11.7. The average molecular weight is 329 g/mol. The number of carbonyl (C=O) groups is 2. The molecule has 0 radical (unpaired) electrons. The number of hydrogen-bond acceptors (Lipinski definition) is 4. The highest BCUT2D eigenvalue weighted by Gasteiger charge is 2.33. The summed E-state index contributed by atoms with van der Waals surface area (Å²) in [4.78, 5) is 25.3. The van der Waals surface area contributed by atoms with E-state index in [1.54, 1.807) is 11.8 Å². The van der Waals surface area contributed by atoms with E-state index >= 15 is 0 Å². The summed E-state index contributed by atoms with van der Waals surface area (Å²) in [5, 5.41) is 4.62. The van der Waals surface area contributed by atoms with Crippen molar-refractivity contribution in [3.05, 3.63) is 42.1 Å². The zero-order chi connectivity index (χ0) is 16.4. The zero-order valence-electron chi connectivity index (χ0n) is 13.2. The van der Waals surface area contributed by atoms with Crippen molar-refractivity contribution >= 4 is 28.6 Å². The Morgan fingerprint density at radius 1 is 1.35 bits per heavy atom. The minimum atomic E-state index is 0.0937. The number of hydrogen-bond donors (Lipinski definition) is 0. The summed E-state index contributed by atoms with van der Waals surface area (Å²) in [5.41, 5.74) is 1.81. The molecule has 1 saturated heterocycles. The number of thioether (sulfide) groups is 1. The van der Waals surface area contributed by atoms with Crippen LogP contribution >= 0.6 is 11.8 Å². The SMILES string of the molecule is CC(=O)SCC1CC(=O)N(c2cc(C)nn2-c2ccccc2)C1. The molecule has 0 spiro atoms. The van der Waals surface area contributed by atoms with Gasteiger partial charge in [0.1, 0.15) is 5.82 Å². The molecule has 1 aliphatic rings. The molecular weight excluding hydrogens is 310 g/mol. The van der Waals surface area contributed by atoms with Gasteiger partial charge in [0.05, 0.1) is 11.4 Å². The van der Waals surface area contributed by atoms with E-state index in [1.165, 1.54) is 11.8 Å². The lowest BCUT2D eigenvalue weighted by Gasteiger charge is -2.18. The summed E-state index contributed by atoms with van der Waals surface area (Å²) >= 11 is 1.29. The summed E-state index contributed by atoms with van der Waals surface area (Å²) in [7, 11) is 0. The van der Waals surface area contributed by atoms with Gasteiger partial charge in [-0.15, -0.1) is 0 Å². The molecule has 1 aliphatic heterocycles. The van der Waals surface area contributed by atoms with E-state index in [0.29, 0.717) is 18.7 Å². The van der Waals surface area contributed by atoms with Crippen LogP contribution in [0.25, 0.3) is 5.69 Å². The lowest BCUT2D eigenvalue weighted by atomic mass is 10.1. The highest BCUT2D eigenvalue weighted by molar-refractivity contribution is 8.13. The van der Waals surface area contributed by atoms with Crippen molar-refractivity contribution in [3.63, 3.8) is 0 Å². The molecule has 1 aromatic heterocycles. The molecule has 23 heavy (non-hydrogen) atoms. The number of nitrogens with zero attached hydrogens (tertiary/aromatic N) is 3. The van der Waals surface area contributed by atoms with E-state index in [9.17, 15) is 9.59 Å². The van der Waals surface area contributed by atoms with Crippen LogP contribution in [0.2, 0.25) is 0 Å². The second kappa shape index (κ2) is 6.58. The molecule has 120 valence electrons. The van der Waals surface area contributed by atoms with Gasteiger partial charge in [0, 0.05) is 31.7 Å². The maximum atomic E-state index is 12.4. The van der Waals surface area contributed by atoms with Crippen molar-refractivity contribution in [2.45, 2.75) is 20.3 Å². The Labute approximate surface area is 139 Å². The monoisotopic (exact) mass is 329 g/mol. The van der Waals surface area contributed by atoms with Crippen molar-refractivity contribution in [1.82, 2.24) is 9.78 Å². The summed E-state index contributed by atoms with van der Waals surface area (Å²) < 4.78 is 1.81. The van der Waals surface area contributed by atoms with E-state index in [0.717, 1.165) is 17.2 Å². The van der Waals surface area contributed by atoms with Crippen molar-refractivity contribution < 1.29 is 9.59 Å². The predicted octanol–water partition coefficient (Wildman–Crippen LogP) is 2.81. The van der Waals surface area contributed by atoms with Gasteiger partial charge in [-0.2, -0.15) is 5.10 Å². The zero-order valence-corrected chi connectivity index (χ0v) is 14.0. The molecular formula is C17H19N3O2S. The summed E-state index contributed by atoms with van der Waals surface area (Å²) in [6.07, 6.45) is 0.485. The normalized spacial score (nSPS) is 17.7. The topological polar surface area (TPSA) is 55.2 Å². The number of benzene rings is 1. The molecule has 5 nitrogen and oxygen atoms in total. The van der Waals surface area contributed by atoms with E-state index < -0.39 is 0 Å². The van der Waals surface area contributed by atoms with E-state index in [2.05, 4.69) is 5.10 Å². The summed E-state index contributed by atoms with van der Waals surface area (Å²) in [6.45, 7) is 4.12. The molecule has 1 unspecified atom stereocenters. The van der Waals surface area contributed by atoms with Gasteiger partial charge in [-0.1, -0.05) is 30.0 Å². The lowest BCUT2D eigenvalue weighted by Crippen LogP contribution is -2.27. The van der Waals surface area contributed by atoms with Gasteiger partial charge < -0.3 is 0 Å². The third-order valence-corrected chi connectivity index (χ3v) is 4.86. The van der Waals surface area contributed by atoms with E-state index in [1.807, 2.05) is 48.0 Å². The van der Waals surface area contributed by atoms with Crippen molar-refractivity contribution in [1.29, 1.82) is 0 Å². The number of amides is 1. The molecule has 1 amide bonds. The van der Waals surface area contributed by atoms with Gasteiger partial charge in [0.2, 0.25) is 5.91 Å². The first-order valence-electron chi connectivity index (χ1n) is 7.60. The Morgan fingerprint density at radius 2 is 2.09 bits per heavy atom. The molecule has 0 bridgehead atoms. The molecule has 0 saturated carbocycles. The second-order valence-electron chi connectivity index (χ2n) is 5.77. The standard InChI is InChI=1S/C17H19N3O2S/c1-12-8-16(20(18-12)15-6-4-3-5-7-15)19-10-14(9-17(19)22)11-23-13(2)21/h3-8,14H,9-11H2,1-2H3. The number of para-hydroxylation sites is 1. The maximum Gasteiger partial charge on any atom is 0.228 e. The first-order chi connectivity index (χ1) is 11.0. The molecule has 0 aliphatic carbocycles. The van der Waals surface area contributed by atoms with Crippen LogP contribution < -0.4 is 4.90 Å². The fraction of sp³-hybridized carbons (Fsp3) is 0.353. The van der Waals surface area contributed by atoms with Gasteiger partial charge >= 0.3 is 0 Å². The highest BCUT2D eigenvalue weighted by atomic mass is 32.2. The molecule has 3 rings (SSSR count). The number of aryl methyl sites for hydroxylation is 1. The molecule has 1 fully saturated rings. The van der Waals surface area contributed by atoms with Crippen LogP contribution in [-0.2, 0) is 9.59 Å². The number of carbonyl (C=O) groups excluding carboxylic acids is 2. The fourth-order valence-corrected chi connectivity index (χ4v) is 3.48. The lowest BCUT2D eigenvalue weighted by molar-refractivity contribution is -0.117. The van der Waals surface area contributed by atoms with Gasteiger partial charge in [-0.25, -0.2) is 4.68 Å². The Morgan fingerprint density at radius 3 is 2.78 bits per heavy atom. The first kappa shape index (κ1) is 15.8. The second-order valence-corrected chi connectivity index (χ2v) is 6.97. The Hall–Kier alpha value is -2.08. The molecule has 0 N–H and O–H groups in total. The molecule has 2 aromatic rings. The molecule has 1 atom stereocenters. The number of anilines is 1. The summed E-state index contributed by atoms with van der Waals surface area (Å²) in [5.74, 6) is 1.79. The molecule has 6 heteroatoms. The minimum Gasteiger partial charge on any atom is -0.296 e. The van der Waals surface area contributed by atoms with Crippen LogP contribution in [0.5, 0.6) is 0 Å². The number of rotatable bonds is 4. The largest absolute Gasteiger partial charge is 0.296 e. The molecule has 2 heterocycles. The van der Waals surface area contributed by atoms with Crippen molar-refractivity contribution in [3.8, 4) is 5.69 Å². The minimum absolute atomic E-state index is 0.0937. The third kappa shape index (κ3) is 3.47. The van der Waals surface area contributed by atoms with Crippen LogP contribution in [0.15, 0.2) is 36.4 Å². The van der Waals surface area contributed by atoms with Crippen molar-refractivity contribution in [2.75, 3.05) is 17.2 Å². The fourth-order valence-electron chi connectivity index (χ4n) is 2.79. The Balaban J connectivity index is 1.85. The quantitative estimate of drug-likeness (QED) is 0.865. The maximum absolute atomic E-state index is 12.4. The van der Waals surface area contributed by atoms with Gasteiger partial charge in [-0.3, -0.25) is 14.5 Å². The molecule has 1 aromatic carbocycles. The van der Waals surface area contributed by atoms with Crippen LogP contribution in [0.3, 0.4) is 0 Å². The smallest absolute Gasteiger partial charge is 0.228 e. The van der Waals surface area contributed by atoms with Crippen LogP contribution in [-0.4, -0.2) is 33.1 Å². The first-order valence-corrected chi connectivity index (χ1v) is 8.59. The Kier molecular flexibility index (Phi) is 4.52. The van der Waals surface area contributed by atoms with Crippen LogP contribution in [0.1, 0.15) is 19.0 Å². The van der Waals surface area contributed by atoms with Crippen LogP contribution in [0.4, 0.5) is 5.82 Å². The predicted molar refractivity (Wildman–Crippen MR) is 91.9 cm³/mol. The van der Waals surface area contributed by atoms with Gasteiger partial charge in [0.25, 0.3) is 0 Å². The average Bonchev–Trinajstić information content (AvgIpc) is 3.09.